The lowest BCUT2D eigenvalue weighted by Gasteiger charge is -2.13. The highest BCUT2D eigenvalue weighted by molar-refractivity contribution is 7.80. The molecule has 0 saturated carbocycles. The fourth-order valence-electron chi connectivity index (χ4n) is 2.87. The third-order valence-corrected chi connectivity index (χ3v) is 4.63. The van der Waals surface area contributed by atoms with Gasteiger partial charge < -0.3 is 15.4 Å². The van der Waals surface area contributed by atoms with E-state index in [1.165, 1.54) is 0 Å². The molecule has 31 heavy (non-hydrogen) atoms. The van der Waals surface area contributed by atoms with Gasteiger partial charge in [0.2, 0.25) is 0 Å². The van der Waals surface area contributed by atoms with Gasteiger partial charge in [-0.05, 0) is 86.2 Å². The molecule has 3 rings (SSSR count). The largest absolute Gasteiger partial charge is 0.494 e. The number of aryl methyl sites for hydroxylation is 1. The molecular weight excluding hydrogens is 410 g/mol. The van der Waals surface area contributed by atoms with Gasteiger partial charge >= 0.3 is 0 Å². The van der Waals surface area contributed by atoms with Crippen LogP contribution < -0.4 is 20.7 Å². The summed E-state index contributed by atoms with van der Waals surface area (Å²) in [6, 6.07) is 21.2. The van der Waals surface area contributed by atoms with Crippen LogP contribution in [-0.2, 0) is 0 Å². The highest BCUT2D eigenvalue weighted by Gasteiger charge is 2.10. The molecule has 7 heteroatoms. The molecule has 0 saturated heterocycles. The van der Waals surface area contributed by atoms with E-state index in [2.05, 4.69) is 16.0 Å². The number of carbonyl (C=O) groups excluding carboxylic acids is 2. The molecule has 0 bridgehead atoms. The maximum atomic E-state index is 12.4. The molecule has 0 aliphatic carbocycles. The van der Waals surface area contributed by atoms with Gasteiger partial charge in [-0.15, -0.1) is 0 Å². The molecule has 3 aromatic carbocycles. The Bertz CT molecular complexity index is 1080. The SMILES string of the molecule is CCOc1ccc(C(=O)NC(=S)Nc2ccc(NC(=O)c3ccccc3)c(C)c2)cc1. The molecule has 0 radical (unpaired) electrons. The molecule has 158 valence electrons. The molecule has 0 aromatic heterocycles. The molecule has 0 fully saturated rings. The lowest BCUT2D eigenvalue weighted by atomic mass is 10.1. The summed E-state index contributed by atoms with van der Waals surface area (Å²) in [5.41, 5.74) is 3.32. The van der Waals surface area contributed by atoms with Crippen molar-refractivity contribution < 1.29 is 14.3 Å². The van der Waals surface area contributed by atoms with Crippen molar-refractivity contribution in [1.29, 1.82) is 0 Å². The first-order valence-electron chi connectivity index (χ1n) is 9.78. The van der Waals surface area contributed by atoms with E-state index in [0.717, 1.165) is 5.56 Å². The smallest absolute Gasteiger partial charge is 0.257 e. The highest BCUT2D eigenvalue weighted by atomic mass is 32.1. The number of carbonyl (C=O) groups is 2. The van der Waals surface area contributed by atoms with E-state index in [4.69, 9.17) is 17.0 Å². The zero-order valence-corrected chi connectivity index (χ0v) is 18.1. The zero-order valence-electron chi connectivity index (χ0n) is 17.3. The predicted octanol–water partition coefficient (Wildman–Crippen LogP) is 4.77. The lowest BCUT2D eigenvalue weighted by molar-refractivity contribution is 0.0976. The molecule has 0 aliphatic heterocycles. The first kappa shape index (κ1) is 22.0. The van der Waals surface area contributed by atoms with Gasteiger partial charge in [-0.2, -0.15) is 0 Å². The maximum absolute atomic E-state index is 12.4. The quantitative estimate of drug-likeness (QED) is 0.488. The fraction of sp³-hybridized carbons (Fsp3) is 0.125. The lowest BCUT2D eigenvalue weighted by Crippen LogP contribution is -2.34. The molecule has 3 aromatic rings. The average molecular weight is 434 g/mol. The fourth-order valence-corrected chi connectivity index (χ4v) is 3.08. The Morgan fingerprint density at radius 2 is 1.55 bits per heavy atom. The summed E-state index contributed by atoms with van der Waals surface area (Å²) >= 11 is 5.25. The van der Waals surface area contributed by atoms with E-state index >= 15 is 0 Å². The number of anilines is 2. The molecule has 0 heterocycles. The minimum Gasteiger partial charge on any atom is -0.494 e. The van der Waals surface area contributed by atoms with Crippen LogP contribution in [0.1, 0.15) is 33.2 Å². The summed E-state index contributed by atoms with van der Waals surface area (Å²) in [6.07, 6.45) is 0. The van der Waals surface area contributed by atoms with Crippen LogP contribution in [0.4, 0.5) is 11.4 Å². The Labute approximate surface area is 186 Å². The van der Waals surface area contributed by atoms with E-state index in [-0.39, 0.29) is 16.9 Å². The molecular formula is C24H23N3O3S. The van der Waals surface area contributed by atoms with E-state index in [0.29, 0.717) is 34.9 Å². The van der Waals surface area contributed by atoms with Crippen LogP contribution in [0.5, 0.6) is 5.75 Å². The third kappa shape index (κ3) is 6.13. The molecule has 3 N–H and O–H groups in total. The van der Waals surface area contributed by atoms with Gasteiger partial charge in [0.15, 0.2) is 5.11 Å². The van der Waals surface area contributed by atoms with Crippen molar-refractivity contribution in [3.05, 3.63) is 89.5 Å². The standard InChI is InChI=1S/C24H23N3O3S/c1-3-30-20-12-9-18(10-13-20)23(29)27-24(31)25-19-11-14-21(16(2)15-19)26-22(28)17-7-5-4-6-8-17/h4-15H,3H2,1-2H3,(H,26,28)(H2,25,27,29,31). The minimum absolute atomic E-state index is 0.178. The number of amides is 2. The maximum Gasteiger partial charge on any atom is 0.257 e. The molecule has 0 atom stereocenters. The van der Waals surface area contributed by atoms with Gasteiger partial charge in [0, 0.05) is 22.5 Å². The van der Waals surface area contributed by atoms with E-state index in [1.54, 1.807) is 48.5 Å². The van der Waals surface area contributed by atoms with Crippen molar-refractivity contribution in [2.45, 2.75) is 13.8 Å². The van der Waals surface area contributed by atoms with Crippen LogP contribution in [0, 0.1) is 6.92 Å². The molecule has 6 nitrogen and oxygen atoms in total. The van der Waals surface area contributed by atoms with E-state index in [1.807, 2.05) is 38.1 Å². The molecule has 0 unspecified atom stereocenters. The summed E-state index contributed by atoms with van der Waals surface area (Å²) in [5.74, 6) is 0.209. The Morgan fingerprint density at radius 1 is 0.871 bits per heavy atom. The monoisotopic (exact) mass is 433 g/mol. The van der Waals surface area contributed by atoms with Gasteiger partial charge in [-0.25, -0.2) is 0 Å². The van der Waals surface area contributed by atoms with Crippen LogP contribution in [0.2, 0.25) is 0 Å². The molecule has 2 amide bonds. The number of thiocarbonyl (C=S) groups is 1. The van der Waals surface area contributed by atoms with Crippen LogP contribution in [0.15, 0.2) is 72.8 Å². The van der Waals surface area contributed by atoms with Crippen LogP contribution in [0.25, 0.3) is 0 Å². The van der Waals surface area contributed by atoms with Gasteiger partial charge in [0.05, 0.1) is 6.61 Å². The number of hydrogen-bond acceptors (Lipinski definition) is 4. The predicted molar refractivity (Wildman–Crippen MR) is 127 cm³/mol. The van der Waals surface area contributed by atoms with Crippen molar-refractivity contribution in [1.82, 2.24) is 5.32 Å². The van der Waals surface area contributed by atoms with Gasteiger partial charge in [-0.1, -0.05) is 18.2 Å². The van der Waals surface area contributed by atoms with E-state index < -0.39 is 0 Å². The second-order valence-corrected chi connectivity index (χ2v) is 7.12. The van der Waals surface area contributed by atoms with Gasteiger partial charge in [0.1, 0.15) is 5.75 Å². The summed E-state index contributed by atoms with van der Waals surface area (Å²) in [4.78, 5) is 24.7. The number of ether oxygens (including phenoxy) is 1. The number of benzene rings is 3. The first-order chi connectivity index (χ1) is 15.0. The van der Waals surface area contributed by atoms with E-state index in [9.17, 15) is 9.59 Å². The second-order valence-electron chi connectivity index (χ2n) is 6.72. The summed E-state index contributed by atoms with van der Waals surface area (Å²) in [6.45, 7) is 4.34. The van der Waals surface area contributed by atoms with Crippen molar-refractivity contribution in [2.75, 3.05) is 17.2 Å². The number of rotatable bonds is 6. The molecule has 0 aliphatic rings. The van der Waals surface area contributed by atoms with Crippen LogP contribution in [0.3, 0.4) is 0 Å². The van der Waals surface area contributed by atoms with Gasteiger partial charge in [-0.3, -0.25) is 14.9 Å². The van der Waals surface area contributed by atoms with Gasteiger partial charge in [0.25, 0.3) is 11.8 Å². The van der Waals surface area contributed by atoms with Crippen molar-refractivity contribution in [3.63, 3.8) is 0 Å². The Morgan fingerprint density at radius 3 is 2.19 bits per heavy atom. The van der Waals surface area contributed by atoms with Crippen LogP contribution in [-0.4, -0.2) is 23.5 Å². The second kappa shape index (κ2) is 10.4. The summed E-state index contributed by atoms with van der Waals surface area (Å²) in [7, 11) is 0. The third-order valence-electron chi connectivity index (χ3n) is 4.42. The van der Waals surface area contributed by atoms with Crippen molar-refractivity contribution >= 4 is 40.5 Å². The Kier molecular flexibility index (Phi) is 7.35. The summed E-state index contributed by atoms with van der Waals surface area (Å²) in [5, 5.41) is 8.72. The first-order valence-corrected chi connectivity index (χ1v) is 10.2. The van der Waals surface area contributed by atoms with Crippen LogP contribution >= 0.6 is 12.2 Å². The number of nitrogens with one attached hydrogen (secondary N) is 3. The van der Waals surface area contributed by atoms with Crippen molar-refractivity contribution in [2.24, 2.45) is 0 Å². The average Bonchev–Trinajstić information content (AvgIpc) is 2.77. The molecule has 0 spiro atoms. The number of hydrogen-bond donors (Lipinski definition) is 3. The van der Waals surface area contributed by atoms with Crippen molar-refractivity contribution in [3.8, 4) is 5.75 Å². The Balaban J connectivity index is 1.58. The zero-order chi connectivity index (χ0) is 22.2. The highest BCUT2D eigenvalue weighted by Crippen LogP contribution is 2.20. The minimum atomic E-state index is -0.316. The Hall–Kier alpha value is -3.71. The summed E-state index contributed by atoms with van der Waals surface area (Å²) < 4.78 is 5.37. The topological polar surface area (TPSA) is 79.5 Å². The normalized spacial score (nSPS) is 10.1.